The first-order chi connectivity index (χ1) is 13.3. The van der Waals surface area contributed by atoms with Gasteiger partial charge in [-0.25, -0.2) is 4.98 Å². The highest BCUT2D eigenvalue weighted by Gasteiger charge is 2.16. The zero-order valence-corrected chi connectivity index (χ0v) is 16.0. The molecule has 2 heterocycles. The second-order valence-electron chi connectivity index (χ2n) is 7.10. The first-order valence-electron chi connectivity index (χ1n) is 9.54. The molecule has 5 heteroatoms. The maximum atomic E-state index is 12.3. The third-order valence-electron chi connectivity index (χ3n) is 5.11. The molecule has 0 unspecified atom stereocenters. The Labute approximate surface area is 163 Å². The molecule has 3 aromatic rings. The second kappa shape index (κ2) is 8.44. The topological polar surface area (TPSA) is 54.9 Å². The number of nitrogens with zero attached hydrogens (tertiary/aromatic N) is 2. The summed E-state index contributed by atoms with van der Waals surface area (Å²) in [5.41, 5.74) is 3.78. The summed E-state index contributed by atoms with van der Waals surface area (Å²) in [5.74, 6) is 0.844. The van der Waals surface area contributed by atoms with E-state index in [4.69, 9.17) is 4.98 Å². The Morgan fingerprint density at radius 2 is 2.00 bits per heavy atom. The largest absolute Gasteiger partial charge is 0.326 e. The number of aromatic nitrogens is 2. The third kappa shape index (κ3) is 4.61. The van der Waals surface area contributed by atoms with Crippen LogP contribution in [0.25, 0.3) is 21.8 Å². The number of nitrogens with one attached hydrogen (secondary N) is 1. The van der Waals surface area contributed by atoms with Gasteiger partial charge in [-0.2, -0.15) is 0 Å². The van der Waals surface area contributed by atoms with Crippen LogP contribution in [0.5, 0.6) is 0 Å². The molecule has 0 radical (unpaired) electrons. The van der Waals surface area contributed by atoms with Crippen molar-refractivity contribution in [2.75, 3.05) is 5.32 Å². The van der Waals surface area contributed by atoms with Crippen molar-refractivity contribution in [3.8, 4) is 21.8 Å². The van der Waals surface area contributed by atoms with Crippen LogP contribution in [-0.2, 0) is 4.79 Å². The quantitative estimate of drug-likeness (QED) is 0.592. The van der Waals surface area contributed by atoms with Gasteiger partial charge in [-0.3, -0.25) is 9.78 Å². The molecular weight excluding hydrogens is 354 g/mol. The average Bonchev–Trinajstić information content (AvgIpc) is 3.39. The fourth-order valence-electron chi connectivity index (χ4n) is 3.64. The predicted molar refractivity (Wildman–Crippen MR) is 111 cm³/mol. The number of carbonyl (C=O) groups excluding carboxylic acids is 1. The highest BCUT2D eigenvalue weighted by molar-refractivity contribution is 7.13. The van der Waals surface area contributed by atoms with Gasteiger partial charge in [0.25, 0.3) is 0 Å². The summed E-state index contributed by atoms with van der Waals surface area (Å²) < 4.78 is 0. The van der Waals surface area contributed by atoms with Crippen molar-refractivity contribution in [1.29, 1.82) is 0 Å². The van der Waals surface area contributed by atoms with E-state index in [1.54, 1.807) is 17.5 Å². The highest BCUT2D eigenvalue weighted by atomic mass is 32.1. The minimum atomic E-state index is 0.105. The number of hydrogen-bond acceptors (Lipinski definition) is 4. The summed E-state index contributed by atoms with van der Waals surface area (Å²) in [6.07, 6.45) is 10.4. The number of hydrogen-bond donors (Lipinski definition) is 1. The normalized spacial score (nSPS) is 14.4. The fourth-order valence-corrected chi connectivity index (χ4v) is 4.46. The highest BCUT2D eigenvalue weighted by Crippen LogP contribution is 2.30. The molecular formula is C22H23N3OS. The molecule has 1 saturated carbocycles. The van der Waals surface area contributed by atoms with Crippen LogP contribution < -0.4 is 5.32 Å². The molecule has 1 fully saturated rings. The van der Waals surface area contributed by atoms with Gasteiger partial charge in [0.2, 0.25) is 5.91 Å². The van der Waals surface area contributed by atoms with Crippen LogP contribution in [0.1, 0.15) is 38.5 Å². The number of anilines is 1. The van der Waals surface area contributed by atoms with Crippen molar-refractivity contribution in [2.45, 2.75) is 38.5 Å². The van der Waals surface area contributed by atoms with Gasteiger partial charge in [0, 0.05) is 41.0 Å². The summed E-state index contributed by atoms with van der Waals surface area (Å²) in [6.45, 7) is 0. The Hall–Kier alpha value is -2.53. The standard InChI is InChI=1S/C22H23N3OS/c26-21(11-10-16-5-1-2-6-16)24-19-9-3-7-17(13-19)20-15-27-22(25-20)18-8-4-12-23-14-18/h3-4,7-9,12-16H,1-2,5-6,10-11H2,(H,24,26). The maximum absolute atomic E-state index is 12.3. The summed E-state index contributed by atoms with van der Waals surface area (Å²) in [4.78, 5) is 21.2. The van der Waals surface area contributed by atoms with E-state index in [1.165, 1.54) is 25.7 Å². The molecule has 2 aromatic heterocycles. The van der Waals surface area contributed by atoms with E-state index in [0.29, 0.717) is 6.42 Å². The molecule has 0 spiro atoms. The van der Waals surface area contributed by atoms with Gasteiger partial charge >= 0.3 is 0 Å². The van der Waals surface area contributed by atoms with E-state index >= 15 is 0 Å². The summed E-state index contributed by atoms with van der Waals surface area (Å²) in [6, 6.07) is 11.8. The van der Waals surface area contributed by atoms with Crippen LogP contribution >= 0.6 is 11.3 Å². The Kier molecular flexibility index (Phi) is 5.58. The summed E-state index contributed by atoms with van der Waals surface area (Å²) in [7, 11) is 0. The lowest BCUT2D eigenvalue weighted by Crippen LogP contribution is -2.12. The van der Waals surface area contributed by atoms with Crippen molar-refractivity contribution in [1.82, 2.24) is 9.97 Å². The van der Waals surface area contributed by atoms with Gasteiger partial charge in [-0.15, -0.1) is 11.3 Å². The van der Waals surface area contributed by atoms with E-state index in [1.807, 2.05) is 48.0 Å². The van der Waals surface area contributed by atoms with E-state index in [2.05, 4.69) is 10.3 Å². The van der Waals surface area contributed by atoms with Gasteiger partial charge < -0.3 is 5.32 Å². The smallest absolute Gasteiger partial charge is 0.224 e. The van der Waals surface area contributed by atoms with E-state index in [-0.39, 0.29) is 5.91 Å². The minimum absolute atomic E-state index is 0.105. The van der Waals surface area contributed by atoms with E-state index in [0.717, 1.165) is 39.9 Å². The SMILES string of the molecule is O=C(CCC1CCCC1)Nc1cccc(-c2csc(-c3cccnc3)n2)c1. The third-order valence-corrected chi connectivity index (χ3v) is 6.00. The first kappa shape index (κ1) is 17.9. The molecule has 1 aromatic carbocycles. The lowest BCUT2D eigenvalue weighted by Gasteiger charge is -2.09. The molecule has 0 aliphatic heterocycles. The van der Waals surface area contributed by atoms with Crippen LogP contribution in [0.4, 0.5) is 5.69 Å². The number of carbonyl (C=O) groups is 1. The zero-order chi connectivity index (χ0) is 18.5. The van der Waals surface area contributed by atoms with Crippen LogP contribution in [0.2, 0.25) is 0 Å². The molecule has 138 valence electrons. The minimum Gasteiger partial charge on any atom is -0.326 e. The Morgan fingerprint density at radius 3 is 2.81 bits per heavy atom. The van der Waals surface area contributed by atoms with Crippen LogP contribution in [0, 0.1) is 5.92 Å². The molecule has 1 amide bonds. The van der Waals surface area contributed by atoms with Crippen molar-refractivity contribution in [3.63, 3.8) is 0 Å². The maximum Gasteiger partial charge on any atom is 0.224 e. The summed E-state index contributed by atoms with van der Waals surface area (Å²) in [5, 5.41) is 6.03. The van der Waals surface area contributed by atoms with Crippen LogP contribution in [-0.4, -0.2) is 15.9 Å². The van der Waals surface area contributed by atoms with Gasteiger partial charge in [0.15, 0.2) is 0 Å². The lowest BCUT2D eigenvalue weighted by atomic mass is 10.0. The molecule has 4 nitrogen and oxygen atoms in total. The number of benzene rings is 1. The molecule has 0 bridgehead atoms. The summed E-state index contributed by atoms with van der Waals surface area (Å²) >= 11 is 1.60. The molecule has 0 saturated heterocycles. The van der Waals surface area contributed by atoms with Crippen molar-refractivity contribution in [2.24, 2.45) is 5.92 Å². The fraction of sp³-hybridized carbons (Fsp3) is 0.318. The molecule has 1 aliphatic rings. The molecule has 0 atom stereocenters. The zero-order valence-electron chi connectivity index (χ0n) is 15.2. The Bertz CT molecular complexity index is 901. The molecule has 4 rings (SSSR count). The van der Waals surface area contributed by atoms with Crippen LogP contribution in [0.15, 0.2) is 54.2 Å². The average molecular weight is 378 g/mol. The molecule has 1 N–H and O–H groups in total. The van der Waals surface area contributed by atoms with Gasteiger partial charge in [0.05, 0.1) is 5.69 Å². The number of amides is 1. The van der Waals surface area contributed by atoms with E-state index < -0.39 is 0 Å². The Morgan fingerprint density at radius 1 is 1.15 bits per heavy atom. The molecule has 1 aliphatic carbocycles. The van der Waals surface area contributed by atoms with Crippen LogP contribution in [0.3, 0.4) is 0 Å². The van der Waals surface area contributed by atoms with Crippen molar-refractivity contribution in [3.05, 3.63) is 54.2 Å². The number of rotatable bonds is 6. The van der Waals surface area contributed by atoms with Gasteiger partial charge in [0.1, 0.15) is 5.01 Å². The van der Waals surface area contributed by atoms with Gasteiger partial charge in [-0.1, -0.05) is 37.8 Å². The predicted octanol–water partition coefficient (Wildman–Crippen LogP) is 5.78. The van der Waals surface area contributed by atoms with Gasteiger partial charge in [-0.05, 0) is 36.6 Å². The monoisotopic (exact) mass is 377 g/mol. The van der Waals surface area contributed by atoms with Crippen molar-refractivity contribution >= 4 is 22.9 Å². The second-order valence-corrected chi connectivity index (χ2v) is 7.96. The number of thiazole rings is 1. The Balaban J connectivity index is 1.41. The lowest BCUT2D eigenvalue weighted by molar-refractivity contribution is -0.116. The number of pyridine rings is 1. The first-order valence-corrected chi connectivity index (χ1v) is 10.4. The van der Waals surface area contributed by atoms with E-state index in [9.17, 15) is 4.79 Å². The van der Waals surface area contributed by atoms with Crippen molar-refractivity contribution < 1.29 is 4.79 Å². The molecule has 27 heavy (non-hydrogen) atoms.